The number of aryl methyl sites for hydroxylation is 1. The zero-order valence-electron chi connectivity index (χ0n) is 12.0. The average molecular weight is 292 g/mol. The number of aliphatic hydroxyl groups is 1. The van der Waals surface area contributed by atoms with Gasteiger partial charge in [-0.3, -0.25) is 4.79 Å². The van der Waals surface area contributed by atoms with Crippen LogP contribution in [0.15, 0.2) is 24.3 Å². The molecule has 0 aliphatic rings. The summed E-state index contributed by atoms with van der Waals surface area (Å²) in [4.78, 5) is 15.2. The number of carbonyl (C=O) groups excluding carboxylic acids is 1. The number of amides is 1. The van der Waals surface area contributed by atoms with Crippen molar-refractivity contribution in [3.63, 3.8) is 0 Å². The van der Waals surface area contributed by atoms with E-state index in [0.717, 1.165) is 16.5 Å². The highest BCUT2D eigenvalue weighted by Crippen LogP contribution is 2.17. The van der Waals surface area contributed by atoms with E-state index in [1.807, 2.05) is 37.4 Å². The van der Waals surface area contributed by atoms with E-state index in [1.54, 1.807) is 18.7 Å². The Morgan fingerprint density at radius 3 is 2.90 bits per heavy atom. The Morgan fingerprint density at radius 2 is 2.20 bits per heavy atom. The second kappa shape index (κ2) is 5.89. The van der Waals surface area contributed by atoms with Crippen LogP contribution in [-0.2, 0) is 0 Å². The van der Waals surface area contributed by atoms with Crippen molar-refractivity contribution in [2.45, 2.75) is 19.4 Å². The molecule has 0 fully saturated rings. The van der Waals surface area contributed by atoms with Gasteiger partial charge in [0, 0.05) is 23.2 Å². The summed E-state index contributed by atoms with van der Waals surface area (Å²) in [5, 5.41) is 13.8. The lowest BCUT2D eigenvalue weighted by atomic mass is 10.1. The number of hydrogen-bond donors (Lipinski definition) is 3. The van der Waals surface area contributed by atoms with Crippen molar-refractivity contribution in [3.8, 4) is 0 Å². The number of rotatable bonds is 5. The third kappa shape index (κ3) is 3.55. The number of aromatic nitrogens is 1. The maximum absolute atomic E-state index is 12.1. The van der Waals surface area contributed by atoms with Gasteiger partial charge in [-0.25, -0.2) is 0 Å². The summed E-state index contributed by atoms with van der Waals surface area (Å²) in [6.45, 7) is 3.97. The summed E-state index contributed by atoms with van der Waals surface area (Å²) in [6, 6.07) is 7.84. The molecule has 4 nitrogen and oxygen atoms in total. The van der Waals surface area contributed by atoms with Gasteiger partial charge in [0.05, 0.1) is 5.60 Å². The third-order valence-electron chi connectivity index (χ3n) is 3.11. The van der Waals surface area contributed by atoms with Crippen molar-refractivity contribution in [2.75, 3.05) is 18.6 Å². The highest BCUT2D eigenvalue weighted by molar-refractivity contribution is 7.98. The van der Waals surface area contributed by atoms with E-state index in [9.17, 15) is 9.90 Å². The van der Waals surface area contributed by atoms with Crippen molar-refractivity contribution in [1.29, 1.82) is 0 Å². The van der Waals surface area contributed by atoms with Crippen LogP contribution in [0.5, 0.6) is 0 Å². The first-order chi connectivity index (χ1) is 9.41. The van der Waals surface area contributed by atoms with Crippen LogP contribution in [0, 0.1) is 6.92 Å². The van der Waals surface area contributed by atoms with E-state index in [2.05, 4.69) is 10.3 Å². The molecular formula is C15H20N2O2S. The minimum Gasteiger partial charge on any atom is -0.387 e. The molecule has 1 aromatic heterocycles. The van der Waals surface area contributed by atoms with Crippen LogP contribution in [0.1, 0.15) is 23.0 Å². The number of H-pyrrole nitrogens is 1. The first kappa shape index (κ1) is 14.9. The van der Waals surface area contributed by atoms with E-state index >= 15 is 0 Å². The Balaban J connectivity index is 2.08. The van der Waals surface area contributed by atoms with Crippen LogP contribution >= 0.6 is 11.8 Å². The van der Waals surface area contributed by atoms with Gasteiger partial charge in [-0.15, -0.1) is 0 Å². The molecule has 3 N–H and O–H groups in total. The molecule has 0 saturated carbocycles. The lowest BCUT2D eigenvalue weighted by Crippen LogP contribution is -2.42. The minimum atomic E-state index is -0.891. The molecule has 20 heavy (non-hydrogen) atoms. The zero-order valence-corrected chi connectivity index (χ0v) is 12.8. The van der Waals surface area contributed by atoms with Crippen LogP contribution in [0.4, 0.5) is 0 Å². The van der Waals surface area contributed by atoms with Gasteiger partial charge in [-0.05, 0) is 37.8 Å². The number of aromatic amines is 1. The van der Waals surface area contributed by atoms with Gasteiger partial charge >= 0.3 is 0 Å². The molecule has 1 aromatic carbocycles. The molecule has 2 aromatic rings. The summed E-state index contributed by atoms with van der Waals surface area (Å²) < 4.78 is 0. The van der Waals surface area contributed by atoms with Gasteiger partial charge in [0.25, 0.3) is 5.91 Å². The summed E-state index contributed by atoms with van der Waals surface area (Å²) >= 11 is 1.55. The Morgan fingerprint density at radius 1 is 1.45 bits per heavy atom. The second-order valence-corrected chi connectivity index (χ2v) is 6.25. The summed E-state index contributed by atoms with van der Waals surface area (Å²) in [5.74, 6) is 0.388. The fourth-order valence-electron chi connectivity index (χ4n) is 2.09. The molecule has 108 valence electrons. The molecule has 0 saturated heterocycles. The van der Waals surface area contributed by atoms with Gasteiger partial charge in [0.1, 0.15) is 5.69 Å². The Labute approximate surface area is 123 Å². The minimum absolute atomic E-state index is 0.194. The van der Waals surface area contributed by atoms with E-state index in [-0.39, 0.29) is 12.5 Å². The number of benzene rings is 1. The largest absolute Gasteiger partial charge is 0.387 e. The topological polar surface area (TPSA) is 65.1 Å². The predicted octanol–water partition coefficient (Wildman–Crippen LogP) is 2.32. The normalized spacial score (nSPS) is 14.2. The second-order valence-electron chi connectivity index (χ2n) is 5.39. The SMILES string of the molecule is CSCC(C)(O)CNC(=O)c1cc2ccc(C)cc2[nH]1. The summed E-state index contributed by atoms with van der Waals surface area (Å²) in [6.07, 6.45) is 1.93. The number of carbonyl (C=O) groups is 1. The molecule has 1 heterocycles. The zero-order chi connectivity index (χ0) is 14.8. The molecular weight excluding hydrogens is 272 g/mol. The number of fused-ring (bicyclic) bond motifs is 1. The standard InChI is InChI=1S/C15H20N2O2S/c1-10-4-5-11-7-13(17-12(11)6-10)14(18)16-8-15(2,19)9-20-3/h4-7,17,19H,8-9H2,1-3H3,(H,16,18). The average Bonchev–Trinajstić information content (AvgIpc) is 2.79. The van der Waals surface area contributed by atoms with E-state index in [1.165, 1.54) is 0 Å². The monoisotopic (exact) mass is 292 g/mol. The highest BCUT2D eigenvalue weighted by atomic mass is 32.2. The van der Waals surface area contributed by atoms with E-state index < -0.39 is 5.60 Å². The van der Waals surface area contributed by atoms with E-state index in [0.29, 0.717) is 11.4 Å². The molecule has 1 atom stereocenters. The number of nitrogens with one attached hydrogen (secondary N) is 2. The first-order valence-corrected chi connectivity index (χ1v) is 7.89. The quantitative estimate of drug-likeness (QED) is 0.792. The van der Waals surface area contributed by atoms with Crippen LogP contribution in [-0.4, -0.2) is 40.2 Å². The maximum atomic E-state index is 12.1. The predicted molar refractivity (Wildman–Crippen MR) is 84.4 cm³/mol. The van der Waals surface area contributed by atoms with Crippen molar-refractivity contribution in [2.24, 2.45) is 0 Å². The van der Waals surface area contributed by atoms with Gasteiger partial charge in [-0.1, -0.05) is 12.1 Å². The molecule has 0 aliphatic carbocycles. The fraction of sp³-hybridized carbons (Fsp3) is 0.400. The van der Waals surface area contributed by atoms with Gasteiger partial charge < -0.3 is 15.4 Å². The first-order valence-electron chi connectivity index (χ1n) is 6.50. The molecule has 0 spiro atoms. The van der Waals surface area contributed by atoms with Crippen molar-refractivity contribution >= 4 is 28.6 Å². The Bertz CT molecular complexity index is 619. The van der Waals surface area contributed by atoms with Crippen LogP contribution in [0.25, 0.3) is 10.9 Å². The van der Waals surface area contributed by atoms with Crippen molar-refractivity contribution in [3.05, 3.63) is 35.5 Å². The molecule has 0 bridgehead atoms. The Hall–Kier alpha value is -1.46. The summed E-state index contributed by atoms with van der Waals surface area (Å²) in [7, 11) is 0. The molecule has 1 amide bonds. The highest BCUT2D eigenvalue weighted by Gasteiger charge is 2.21. The van der Waals surface area contributed by atoms with E-state index in [4.69, 9.17) is 0 Å². The molecule has 5 heteroatoms. The number of thioether (sulfide) groups is 1. The van der Waals surface area contributed by atoms with Gasteiger partial charge in [-0.2, -0.15) is 11.8 Å². The third-order valence-corrected chi connectivity index (χ3v) is 4.02. The molecule has 0 radical (unpaired) electrons. The van der Waals surface area contributed by atoms with Gasteiger partial charge in [0.15, 0.2) is 0 Å². The van der Waals surface area contributed by atoms with Crippen LogP contribution < -0.4 is 5.32 Å². The van der Waals surface area contributed by atoms with Crippen LogP contribution in [0.2, 0.25) is 0 Å². The van der Waals surface area contributed by atoms with Gasteiger partial charge in [0.2, 0.25) is 0 Å². The maximum Gasteiger partial charge on any atom is 0.267 e. The van der Waals surface area contributed by atoms with Crippen molar-refractivity contribution < 1.29 is 9.90 Å². The smallest absolute Gasteiger partial charge is 0.267 e. The Kier molecular flexibility index (Phi) is 4.40. The van der Waals surface area contributed by atoms with Crippen molar-refractivity contribution in [1.82, 2.24) is 10.3 Å². The fourth-order valence-corrected chi connectivity index (χ4v) is 2.82. The lowest BCUT2D eigenvalue weighted by Gasteiger charge is -2.22. The molecule has 2 rings (SSSR count). The summed E-state index contributed by atoms with van der Waals surface area (Å²) in [5.41, 5.74) is 1.73. The number of hydrogen-bond acceptors (Lipinski definition) is 3. The van der Waals surface area contributed by atoms with Crippen LogP contribution in [0.3, 0.4) is 0 Å². The lowest BCUT2D eigenvalue weighted by molar-refractivity contribution is 0.0723. The molecule has 1 unspecified atom stereocenters. The molecule has 0 aliphatic heterocycles.